The average molecular weight is 197 g/mol. The molecule has 0 aliphatic heterocycles. The predicted molar refractivity (Wildman–Crippen MR) is 71.4 cm³/mol. The Morgan fingerprint density at radius 1 is 1.27 bits per heavy atom. The molecule has 1 aromatic rings. The number of allylic oxidation sites excluding steroid dienone is 1. The summed E-state index contributed by atoms with van der Waals surface area (Å²) >= 11 is 0. The SMILES string of the molecule is CB=Cc1cccc(/C=C\C=NC)c1C. The molecular formula is C13H16BN. The van der Waals surface area contributed by atoms with Gasteiger partial charge in [-0.05, 0) is 0 Å². The Bertz CT molecular complexity index is 403. The zero-order chi connectivity index (χ0) is 11.1. The van der Waals surface area contributed by atoms with Gasteiger partial charge in [-0.25, -0.2) is 0 Å². The van der Waals surface area contributed by atoms with Crippen molar-refractivity contribution in [2.75, 3.05) is 7.05 Å². The second-order valence-electron chi connectivity index (χ2n) is 3.33. The van der Waals surface area contributed by atoms with Crippen LogP contribution in [0.1, 0.15) is 16.7 Å². The first-order valence-corrected chi connectivity index (χ1v) is 5.10. The Morgan fingerprint density at radius 2 is 2.00 bits per heavy atom. The topological polar surface area (TPSA) is 12.4 Å². The standard InChI is InChI=1S/C13H16BN/c1-11-12(8-5-9-15-3)6-4-7-13(11)10-14-2/h4-10H,1-3H3/b8-5-,15-9?. The van der Waals surface area contributed by atoms with Gasteiger partial charge in [-0.3, -0.25) is 0 Å². The molecule has 1 nitrogen and oxygen atoms in total. The first-order chi connectivity index (χ1) is 7.29. The van der Waals surface area contributed by atoms with E-state index in [1.807, 2.05) is 12.9 Å². The van der Waals surface area contributed by atoms with Crippen LogP contribution in [0.4, 0.5) is 0 Å². The molecule has 0 aliphatic rings. The van der Waals surface area contributed by atoms with Gasteiger partial charge in [0.15, 0.2) is 0 Å². The number of hydrogen-bond donors (Lipinski definition) is 0. The molecule has 0 aliphatic carbocycles. The summed E-state index contributed by atoms with van der Waals surface area (Å²) in [7, 11) is 1.77. The van der Waals surface area contributed by atoms with E-state index in [0.717, 1.165) is 0 Å². The minimum absolute atomic E-state index is 1.24. The third kappa shape index (κ3) is 3.32. The maximum absolute atomic E-state index is 3.91. The quantitative estimate of drug-likeness (QED) is 0.521. The van der Waals surface area contributed by atoms with Gasteiger partial charge in [0, 0.05) is 0 Å². The summed E-state index contributed by atoms with van der Waals surface area (Å²) in [5.41, 5.74) is 3.81. The Hall–Kier alpha value is -1.44. The van der Waals surface area contributed by atoms with E-state index in [-0.39, 0.29) is 0 Å². The van der Waals surface area contributed by atoms with Crippen LogP contribution in [0.5, 0.6) is 0 Å². The van der Waals surface area contributed by atoms with E-state index in [2.05, 4.69) is 49.1 Å². The van der Waals surface area contributed by atoms with E-state index in [0.29, 0.717) is 0 Å². The summed E-state index contributed by atoms with van der Waals surface area (Å²) in [6.07, 6.45) is 5.83. The molecule has 0 spiro atoms. The molecule has 76 valence electrons. The van der Waals surface area contributed by atoms with Crippen molar-refractivity contribution in [1.29, 1.82) is 0 Å². The fourth-order valence-electron chi connectivity index (χ4n) is 1.45. The summed E-state index contributed by atoms with van der Waals surface area (Å²) in [5.74, 6) is 2.13. The molecule has 0 fully saturated rings. The second-order valence-corrected chi connectivity index (χ2v) is 3.33. The molecule has 0 radical (unpaired) electrons. The minimum atomic E-state index is 1.24. The Labute approximate surface area is 92.5 Å². The first kappa shape index (κ1) is 11.6. The summed E-state index contributed by atoms with van der Waals surface area (Å²) in [6.45, 7) is 6.23. The van der Waals surface area contributed by atoms with Crippen molar-refractivity contribution in [2.45, 2.75) is 13.7 Å². The van der Waals surface area contributed by atoms with Crippen molar-refractivity contribution >= 4 is 25.2 Å². The van der Waals surface area contributed by atoms with Crippen LogP contribution in [-0.4, -0.2) is 26.1 Å². The molecule has 0 atom stereocenters. The summed E-state index contributed by atoms with van der Waals surface area (Å²) < 4.78 is 0. The van der Waals surface area contributed by atoms with Gasteiger partial charge < -0.3 is 0 Å². The van der Waals surface area contributed by atoms with Gasteiger partial charge >= 0.3 is 91.9 Å². The molecule has 0 N–H and O–H groups in total. The van der Waals surface area contributed by atoms with Gasteiger partial charge in [-0.1, -0.05) is 0 Å². The Kier molecular flexibility index (Phi) is 4.75. The van der Waals surface area contributed by atoms with Crippen molar-refractivity contribution < 1.29 is 0 Å². The van der Waals surface area contributed by atoms with E-state index in [9.17, 15) is 0 Å². The fraction of sp³-hybridized carbons (Fsp3) is 0.231. The van der Waals surface area contributed by atoms with Crippen LogP contribution in [0.3, 0.4) is 0 Å². The first-order valence-electron chi connectivity index (χ1n) is 5.10. The molecule has 0 heterocycles. The van der Waals surface area contributed by atoms with Crippen molar-refractivity contribution in [3.8, 4) is 0 Å². The number of aliphatic imine (C=N–C) groups is 1. The maximum atomic E-state index is 3.91. The van der Waals surface area contributed by atoms with Crippen LogP contribution in [0.25, 0.3) is 6.08 Å². The second kappa shape index (κ2) is 6.12. The van der Waals surface area contributed by atoms with Gasteiger partial charge in [0.1, 0.15) is 0 Å². The van der Waals surface area contributed by atoms with Crippen molar-refractivity contribution in [3.63, 3.8) is 0 Å². The molecule has 0 saturated heterocycles. The molecule has 0 aromatic heterocycles. The van der Waals surface area contributed by atoms with Crippen molar-refractivity contribution in [2.24, 2.45) is 4.99 Å². The van der Waals surface area contributed by atoms with Gasteiger partial charge in [0.2, 0.25) is 0 Å². The number of rotatable bonds is 3. The van der Waals surface area contributed by atoms with E-state index in [4.69, 9.17) is 0 Å². The van der Waals surface area contributed by atoms with E-state index < -0.39 is 0 Å². The summed E-state index contributed by atoms with van der Waals surface area (Å²) in [4.78, 5) is 3.91. The fourth-order valence-corrected chi connectivity index (χ4v) is 1.45. The molecule has 0 unspecified atom stereocenters. The number of benzene rings is 1. The van der Waals surface area contributed by atoms with Gasteiger partial charge in [-0.15, -0.1) is 0 Å². The van der Waals surface area contributed by atoms with E-state index >= 15 is 0 Å². The molecule has 0 amide bonds. The predicted octanol–water partition coefficient (Wildman–Crippen LogP) is 2.61. The monoisotopic (exact) mass is 197 g/mol. The van der Waals surface area contributed by atoms with Crippen LogP contribution < -0.4 is 0 Å². The molecule has 15 heavy (non-hydrogen) atoms. The Balaban J connectivity index is 3.04. The normalized spacial score (nSPS) is 11.7. The summed E-state index contributed by atoms with van der Waals surface area (Å²) in [6, 6.07) is 6.31. The van der Waals surface area contributed by atoms with Crippen molar-refractivity contribution in [3.05, 3.63) is 41.0 Å². The number of hydrogen-bond acceptors (Lipinski definition) is 1. The van der Waals surface area contributed by atoms with E-state index in [1.54, 1.807) is 13.3 Å². The third-order valence-electron chi connectivity index (χ3n) is 2.27. The molecule has 1 rings (SSSR count). The average Bonchev–Trinajstić information content (AvgIpc) is 2.24. The van der Waals surface area contributed by atoms with E-state index in [1.165, 1.54) is 16.7 Å². The van der Waals surface area contributed by atoms with Gasteiger partial charge in [-0.2, -0.15) is 0 Å². The van der Waals surface area contributed by atoms with Crippen LogP contribution in [0.15, 0.2) is 29.3 Å². The molecular weight excluding hydrogens is 181 g/mol. The Morgan fingerprint density at radius 3 is 2.67 bits per heavy atom. The van der Waals surface area contributed by atoms with Gasteiger partial charge in [0.05, 0.1) is 0 Å². The molecule has 0 bridgehead atoms. The zero-order valence-electron chi connectivity index (χ0n) is 9.57. The van der Waals surface area contributed by atoms with Crippen LogP contribution in [-0.2, 0) is 0 Å². The van der Waals surface area contributed by atoms with Crippen LogP contribution in [0, 0.1) is 6.92 Å². The van der Waals surface area contributed by atoms with Crippen LogP contribution >= 0.6 is 0 Å². The third-order valence-corrected chi connectivity index (χ3v) is 2.27. The molecule has 2 heteroatoms. The number of nitrogens with zero attached hydrogens (tertiary/aromatic N) is 1. The van der Waals surface area contributed by atoms with Crippen LogP contribution in [0.2, 0.25) is 6.82 Å². The van der Waals surface area contributed by atoms with Crippen molar-refractivity contribution in [1.82, 2.24) is 0 Å². The zero-order valence-corrected chi connectivity index (χ0v) is 9.57. The molecule has 0 saturated carbocycles. The molecule has 1 aromatic carbocycles. The van der Waals surface area contributed by atoms with Gasteiger partial charge in [0.25, 0.3) is 0 Å². The summed E-state index contributed by atoms with van der Waals surface area (Å²) in [5, 5.41) is 0.